The molecule has 0 saturated carbocycles. The summed E-state index contributed by atoms with van der Waals surface area (Å²) in [6.45, 7) is 2.41. The standard InChI is InChI=1S/C18H20N4O2S/c1-12(25-17-5-3-4-9-19-17)18(23)20-10-8-16-21-14-7-6-13(24-2)11-15(14)22-16/h3-7,9,11-12H,8,10H2,1-2H3,(H,20,23)(H,21,22)/t12-/m0/s1. The third kappa shape index (κ3) is 4.51. The molecule has 0 bridgehead atoms. The van der Waals surface area contributed by atoms with E-state index >= 15 is 0 Å². The van der Waals surface area contributed by atoms with Crippen LogP contribution >= 0.6 is 11.8 Å². The van der Waals surface area contributed by atoms with Crippen LogP contribution in [0.5, 0.6) is 5.75 Å². The monoisotopic (exact) mass is 356 g/mol. The highest BCUT2D eigenvalue weighted by Crippen LogP contribution is 2.20. The number of thioether (sulfide) groups is 1. The Morgan fingerprint density at radius 2 is 2.24 bits per heavy atom. The minimum absolute atomic E-state index is 0.00608. The molecule has 2 aromatic heterocycles. The lowest BCUT2D eigenvalue weighted by molar-refractivity contribution is -0.120. The summed E-state index contributed by atoms with van der Waals surface area (Å²) in [7, 11) is 1.64. The number of pyridine rings is 1. The molecule has 1 atom stereocenters. The summed E-state index contributed by atoms with van der Waals surface area (Å²) in [6, 6.07) is 11.4. The molecular weight excluding hydrogens is 336 g/mol. The van der Waals surface area contributed by atoms with Crippen LogP contribution in [0.4, 0.5) is 0 Å². The predicted molar refractivity (Wildman–Crippen MR) is 98.9 cm³/mol. The van der Waals surface area contributed by atoms with E-state index in [2.05, 4.69) is 20.3 Å². The van der Waals surface area contributed by atoms with Gasteiger partial charge in [-0.25, -0.2) is 9.97 Å². The number of benzene rings is 1. The lowest BCUT2D eigenvalue weighted by Gasteiger charge is -2.10. The van der Waals surface area contributed by atoms with Crippen molar-refractivity contribution in [3.63, 3.8) is 0 Å². The van der Waals surface area contributed by atoms with Crippen molar-refractivity contribution >= 4 is 28.7 Å². The molecule has 1 aromatic carbocycles. The summed E-state index contributed by atoms with van der Waals surface area (Å²) in [5.41, 5.74) is 1.82. The molecule has 6 nitrogen and oxygen atoms in total. The van der Waals surface area contributed by atoms with Crippen LogP contribution in [0.15, 0.2) is 47.6 Å². The Morgan fingerprint density at radius 1 is 1.36 bits per heavy atom. The fourth-order valence-corrected chi connectivity index (χ4v) is 3.22. The van der Waals surface area contributed by atoms with Gasteiger partial charge in [0.15, 0.2) is 0 Å². The van der Waals surface area contributed by atoms with E-state index in [4.69, 9.17) is 4.74 Å². The number of carbonyl (C=O) groups excluding carboxylic acids is 1. The average Bonchev–Trinajstić information content (AvgIpc) is 3.04. The van der Waals surface area contributed by atoms with E-state index in [9.17, 15) is 4.79 Å². The number of carbonyl (C=O) groups is 1. The van der Waals surface area contributed by atoms with Crippen LogP contribution in [0.25, 0.3) is 11.0 Å². The number of aromatic nitrogens is 3. The Bertz CT molecular complexity index is 851. The maximum absolute atomic E-state index is 12.2. The van der Waals surface area contributed by atoms with Crippen LogP contribution in [0.3, 0.4) is 0 Å². The number of H-pyrrole nitrogens is 1. The van der Waals surface area contributed by atoms with Gasteiger partial charge in [-0.05, 0) is 31.2 Å². The summed E-state index contributed by atoms with van der Waals surface area (Å²) in [6.07, 6.45) is 2.37. The molecule has 3 aromatic rings. The first-order chi connectivity index (χ1) is 12.2. The highest BCUT2D eigenvalue weighted by molar-refractivity contribution is 8.00. The van der Waals surface area contributed by atoms with E-state index in [1.165, 1.54) is 11.8 Å². The van der Waals surface area contributed by atoms with Gasteiger partial charge in [-0.2, -0.15) is 0 Å². The minimum Gasteiger partial charge on any atom is -0.497 e. The number of nitrogens with one attached hydrogen (secondary N) is 2. The molecule has 25 heavy (non-hydrogen) atoms. The quantitative estimate of drug-likeness (QED) is 0.636. The summed E-state index contributed by atoms with van der Waals surface area (Å²) < 4.78 is 5.21. The van der Waals surface area contributed by atoms with Crippen molar-refractivity contribution in [2.75, 3.05) is 13.7 Å². The Labute approximate surface area is 150 Å². The van der Waals surface area contributed by atoms with Gasteiger partial charge in [-0.3, -0.25) is 4.79 Å². The van der Waals surface area contributed by atoms with Gasteiger partial charge >= 0.3 is 0 Å². The number of amides is 1. The first-order valence-corrected chi connectivity index (χ1v) is 8.91. The van der Waals surface area contributed by atoms with Gasteiger partial charge in [0.2, 0.25) is 5.91 Å². The molecule has 2 heterocycles. The van der Waals surface area contributed by atoms with Gasteiger partial charge in [-0.1, -0.05) is 17.8 Å². The van der Waals surface area contributed by atoms with E-state index < -0.39 is 0 Å². The smallest absolute Gasteiger partial charge is 0.233 e. The Balaban J connectivity index is 1.51. The lowest BCUT2D eigenvalue weighted by Crippen LogP contribution is -2.32. The van der Waals surface area contributed by atoms with Gasteiger partial charge in [-0.15, -0.1) is 0 Å². The summed E-state index contributed by atoms with van der Waals surface area (Å²) >= 11 is 1.45. The Kier molecular flexibility index (Phi) is 5.55. The molecule has 3 rings (SSSR count). The first kappa shape index (κ1) is 17.3. The molecule has 1 amide bonds. The van der Waals surface area contributed by atoms with Crippen LogP contribution in [0, 0.1) is 0 Å². The number of hydrogen-bond donors (Lipinski definition) is 2. The molecule has 0 fully saturated rings. The number of nitrogens with zero attached hydrogens (tertiary/aromatic N) is 2. The third-order valence-electron chi connectivity index (χ3n) is 3.70. The molecule has 0 aliphatic rings. The third-order valence-corrected chi connectivity index (χ3v) is 4.75. The molecular formula is C18H20N4O2S. The summed E-state index contributed by atoms with van der Waals surface area (Å²) in [5, 5.41) is 3.59. The van der Waals surface area contributed by atoms with E-state index in [1.807, 2.05) is 43.3 Å². The van der Waals surface area contributed by atoms with Gasteiger partial charge in [0, 0.05) is 25.2 Å². The van der Waals surface area contributed by atoms with Gasteiger partial charge in [0.25, 0.3) is 0 Å². The summed E-state index contributed by atoms with van der Waals surface area (Å²) in [5.74, 6) is 1.62. The van der Waals surface area contributed by atoms with Crippen molar-refractivity contribution in [2.45, 2.75) is 23.6 Å². The second-order valence-corrected chi connectivity index (χ2v) is 6.90. The Hall–Kier alpha value is -2.54. The van der Waals surface area contributed by atoms with Gasteiger partial charge < -0.3 is 15.0 Å². The van der Waals surface area contributed by atoms with E-state index in [1.54, 1.807) is 13.3 Å². The maximum Gasteiger partial charge on any atom is 0.233 e. The average molecular weight is 356 g/mol. The first-order valence-electron chi connectivity index (χ1n) is 8.04. The largest absolute Gasteiger partial charge is 0.497 e. The molecule has 0 aliphatic heterocycles. The number of rotatable bonds is 7. The van der Waals surface area contributed by atoms with Crippen LogP contribution in [-0.2, 0) is 11.2 Å². The van der Waals surface area contributed by atoms with E-state index in [0.29, 0.717) is 13.0 Å². The topological polar surface area (TPSA) is 79.9 Å². The molecule has 0 unspecified atom stereocenters. The highest BCUT2D eigenvalue weighted by atomic mass is 32.2. The SMILES string of the molecule is COc1ccc2nc(CCNC(=O)[C@H](C)Sc3ccccn3)[nH]c2c1. The molecule has 0 radical (unpaired) electrons. The molecule has 7 heteroatoms. The molecule has 0 spiro atoms. The number of imidazole rings is 1. The Morgan fingerprint density at radius 3 is 3.00 bits per heavy atom. The van der Waals surface area contributed by atoms with E-state index in [0.717, 1.165) is 27.6 Å². The van der Waals surface area contributed by atoms with Crippen LogP contribution < -0.4 is 10.1 Å². The number of ether oxygens (including phenoxy) is 1. The van der Waals surface area contributed by atoms with Crippen molar-refractivity contribution in [1.29, 1.82) is 0 Å². The second-order valence-electron chi connectivity index (χ2n) is 5.54. The van der Waals surface area contributed by atoms with Gasteiger partial charge in [0.1, 0.15) is 11.6 Å². The summed E-state index contributed by atoms with van der Waals surface area (Å²) in [4.78, 5) is 24.2. The molecule has 0 aliphatic carbocycles. The second kappa shape index (κ2) is 8.02. The number of methoxy groups -OCH3 is 1. The zero-order valence-electron chi connectivity index (χ0n) is 14.2. The fraction of sp³-hybridized carbons (Fsp3) is 0.278. The van der Waals surface area contributed by atoms with Crippen molar-refractivity contribution in [2.24, 2.45) is 0 Å². The van der Waals surface area contributed by atoms with Crippen LogP contribution in [0.2, 0.25) is 0 Å². The number of fused-ring (bicyclic) bond motifs is 1. The highest BCUT2D eigenvalue weighted by Gasteiger charge is 2.14. The molecule has 130 valence electrons. The van der Waals surface area contributed by atoms with Crippen molar-refractivity contribution < 1.29 is 9.53 Å². The lowest BCUT2D eigenvalue weighted by atomic mass is 10.3. The number of aromatic amines is 1. The van der Waals surface area contributed by atoms with Crippen LogP contribution in [-0.4, -0.2) is 39.8 Å². The fourth-order valence-electron chi connectivity index (χ4n) is 2.39. The molecule has 2 N–H and O–H groups in total. The zero-order valence-corrected chi connectivity index (χ0v) is 15.0. The van der Waals surface area contributed by atoms with E-state index in [-0.39, 0.29) is 11.2 Å². The van der Waals surface area contributed by atoms with Crippen LogP contribution in [0.1, 0.15) is 12.7 Å². The zero-order chi connectivity index (χ0) is 17.6. The van der Waals surface area contributed by atoms with Crippen molar-refractivity contribution in [3.05, 3.63) is 48.4 Å². The van der Waals surface area contributed by atoms with Gasteiger partial charge in [0.05, 0.1) is 28.4 Å². The molecule has 0 saturated heterocycles. The van der Waals surface area contributed by atoms with Crippen molar-refractivity contribution in [1.82, 2.24) is 20.3 Å². The predicted octanol–water partition coefficient (Wildman–Crippen LogP) is 2.81. The normalized spacial score (nSPS) is 12.1. The number of hydrogen-bond acceptors (Lipinski definition) is 5. The minimum atomic E-state index is -0.199. The van der Waals surface area contributed by atoms with Crippen molar-refractivity contribution in [3.8, 4) is 5.75 Å². The maximum atomic E-state index is 12.2.